The van der Waals surface area contributed by atoms with Gasteiger partial charge in [0.1, 0.15) is 5.75 Å². The summed E-state index contributed by atoms with van der Waals surface area (Å²) in [6, 6.07) is 28.0. The number of amides is 2. The summed E-state index contributed by atoms with van der Waals surface area (Å²) >= 11 is 0. The van der Waals surface area contributed by atoms with Gasteiger partial charge in [-0.2, -0.15) is 0 Å². The highest BCUT2D eigenvalue weighted by molar-refractivity contribution is 7.92. The molecule has 0 saturated carbocycles. The molecule has 49 heavy (non-hydrogen) atoms. The minimum Gasteiger partial charge on any atom is -0.497 e. The van der Waals surface area contributed by atoms with Crippen LogP contribution in [0.3, 0.4) is 0 Å². The summed E-state index contributed by atoms with van der Waals surface area (Å²) in [5, 5.41) is 20.7. The molecule has 4 rings (SSSR count). The number of benzene rings is 4. The third-order valence-corrected chi connectivity index (χ3v) is 9.76. The van der Waals surface area contributed by atoms with Crippen LogP contribution in [0.5, 0.6) is 5.75 Å². The fourth-order valence-corrected chi connectivity index (χ4v) is 5.81. The molecule has 0 aromatic heterocycles. The highest BCUT2D eigenvalue weighted by Gasteiger charge is 2.25. The van der Waals surface area contributed by atoms with Gasteiger partial charge >= 0.3 is 0 Å². The smallest absolute Gasteiger partial charge is 0.251 e. The van der Waals surface area contributed by atoms with E-state index >= 15 is 0 Å². The van der Waals surface area contributed by atoms with E-state index in [9.17, 15) is 23.1 Å². The molecule has 0 fully saturated rings. The Morgan fingerprint density at radius 1 is 0.816 bits per heavy atom. The number of aliphatic hydroxyl groups excluding tert-OH is 1. The molecule has 11 heteroatoms. The van der Waals surface area contributed by atoms with Crippen LogP contribution in [0.25, 0.3) is 0 Å². The number of carbonyl (C=O) groups excluding carboxylic acids is 2. The van der Waals surface area contributed by atoms with Crippen molar-refractivity contribution in [2.45, 2.75) is 51.4 Å². The monoisotopic (exact) mass is 686 g/mol. The normalized spacial score (nSPS) is 13.9. The average Bonchev–Trinajstić information content (AvgIpc) is 3.09. The lowest BCUT2D eigenvalue weighted by molar-refractivity contribution is 0.0825. The number of sulfonamides is 1. The third kappa shape index (κ3) is 10.4. The van der Waals surface area contributed by atoms with Crippen LogP contribution in [0.2, 0.25) is 0 Å². The van der Waals surface area contributed by atoms with Crippen molar-refractivity contribution in [3.05, 3.63) is 130 Å². The first kappa shape index (κ1) is 37.1. The molecule has 0 bridgehead atoms. The molecular weight excluding hydrogens is 641 g/mol. The number of anilines is 1. The largest absolute Gasteiger partial charge is 0.497 e. The van der Waals surface area contributed by atoms with E-state index in [1.54, 1.807) is 19.2 Å². The summed E-state index contributed by atoms with van der Waals surface area (Å²) in [7, 11) is -0.791. The third-order valence-electron chi connectivity index (χ3n) is 8.56. The molecule has 0 heterocycles. The first-order chi connectivity index (χ1) is 23.2. The van der Waals surface area contributed by atoms with Gasteiger partial charge in [0.25, 0.3) is 11.8 Å². The van der Waals surface area contributed by atoms with Crippen LogP contribution in [0.4, 0.5) is 5.69 Å². The Hall–Kier alpha value is -4.71. The van der Waals surface area contributed by atoms with Crippen LogP contribution in [-0.4, -0.2) is 64.4 Å². The lowest BCUT2D eigenvalue weighted by Crippen LogP contribution is -2.49. The van der Waals surface area contributed by atoms with E-state index in [0.29, 0.717) is 12.2 Å². The van der Waals surface area contributed by atoms with Gasteiger partial charge in [0.05, 0.1) is 37.2 Å². The number of carbonyl (C=O) groups is 2. The predicted molar refractivity (Wildman–Crippen MR) is 194 cm³/mol. The molecular formula is C38H46N4O6S. The van der Waals surface area contributed by atoms with E-state index < -0.39 is 40.0 Å². The number of rotatable bonds is 15. The first-order valence-corrected chi connectivity index (χ1v) is 18.0. The van der Waals surface area contributed by atoms with Gasteiger partial charge in [-0.1, -0.05) is 72.3 Å². The fourth-order valence-electron chi connectivity index (χ4n) is 5.32. The lowest BCUT2D eigenvalue weighted by Gasteiger charge is -2.27. The van der Waals surface area contributed by atoms with Crippen LogP contribution in [-0.2, 0) is 16.4 Å². The Morgan fingerprint density at radius 2 is 1.37 bits per heavy atom. The molecule has 0 aliphatic heterocycles. The van der Waals surface area contributed by atoms with E-state index in [0.717, 1.165) is 32.8 Å². The molecule has 0 aliphatic rings. The van der Waals surface area contributed by atoms with E-state index in [4.69, 9.17) is 4.74 Å². The molecule has 4 N–H and O–H groups in total. The van der Waals surface area contributed by atoms with Crippen molar-refractivity contribution in [3.63, 3.8) is 0 Å². The maximum absolute atomic E-state index is 13.9. The number of hydrogen-bond donors (Lipinski definition) is 4. The topological polar surface area (TPSA) is 137 Å². The number of aliphatic hydroxyl groups is 1. The predicted octanol–water partition coefficient (Wildman–Crippen LogP) is 4.94. The van der Waals surface area contributed by atoms with E-state index in [2.05, 4.69) is 16.0 Å². The summed E-state index contributed by atoms with van der Waals surface area (Å²) in [5.74, 6) is -0.370. The van der Waals surface area contributed by atoms with E-state index in [1.807, 2.05) is 87.5 Å². The number of ether oxygens (including phenoxy) is 1. The van der Waals surface area contributed by atoms with Crippen molar-refractivity contribution in [1.82, 2.24) is 16.0 Å². The maximum atomic E-state index is 13.9. The van der Waals surface area contributed by atoms with Crippen molar-refractivity contribution in [2.75, 3.05) is 31.3 Å². The molecule has 4 atom stereocenters. The first-order valence-electron chi connectivity index (χ1n) is 16.1. The molecule has 0 saturated heterocycles. The number of methoxy groups -OCH3 is 1. The molecule has 4 aromatic carbocycles. The molecule has 10 nitrogen and oxygen atoms in total. The summed E-state index contributed by atoms with van der Waals surface area (Å²) in [6.07, 6.45) is 0.401. The summed E-state index contributed by atoms with van der Waals surface area (Å²) in [4.78, 5) is 27.4. The molecule has 2 amide bonds. The Morgan fingerprint density at radius 3 is 1.94 bits per heavy atom. The maximum Gasteiger partial charge on any atom is 0.251 e. The molecule has 0 unspecified atom stereocenters. The Kier molecular flexibility index (Phi) is 12.6. The minimum absolute atomic E-state index is 0.0482. The SMILES string of the molecule is COc1ccc([C@@H](C)NC(=O)c2cc(C(=O)N[C@@H](Cc3ccccc3)[C@H](O)CN[C@H](C)c3ccc(C)cc3)cc(N(C)S(C)(=O)=O)c2)cc1. The second-order valence-electron chi connectivity index (χ2n) is 12.3. The van der Waals surface area contributed by atoms with Gasteiger partial charge in [0, 0.05) is 30.8 Å². The average molecular weight is 687 g/mol. The van der Waals surface area contributed by atoms with Crippen LogP contribution in [0.15, 0.2) is 97.1 Å². The number of aryl methyl sites for hydroxylation is 1. The number of hydrogen-bond acceptors (Lipinski definition) is 7. The van der Waals surface area contributed by atoms with Gasteiger partial charge in [-0.25, -0.2) is 8.42 Å². The van der Waals surface area contributed by atoms with Gasteiger partial charge in [0.15, 0.2) is 0 Å². The van der Waals surface area contributed by atoms with Crippen molar-refractivity contribution < 1.29 is 27.9 Å². The van der Waals surface area contributed by atoms with Gasteiger partial charge in [0.2, 0.25) is 10.0 Å². The van der Waals surface area contributed by atoms with Crippen LogP contribution in [0.1, 0.15) is 68.9 Å². The number of nitrogens with one attached hydrogen (secondary N) is 3. The molecule has 0 spiro atoms. The Labute approximate surface area is 289 Å². The quantitative estimate of drug-likeness (QED) is 0.139. The second kappa shape index (κ2) is 16.6. The Balaban J connectivity index is 1.59. The van der Waals surface area contributed by atoms with Gasteiger partial charge in [-0.15, -0.1) is 0 Å². The van der Waals surface area contributed by atoms with Gasteiger partial charge in [-0.05, 0) is 74.2 Å². The van der Waals surface area contributed by atoms with Crippen molar-refractivity contribution in [2.24, 2.45) is 0 Å². The number of nitrogens with zero attached hydrogens (tertiary/aromatic N) is 1. The highest BCUT2D eigenvalue weighted by atomic mass is 32.2. The lowest BCUT2D eigenvalue weighted by atomic mass is 9.99. The zero-order chi connectivity index (χ0) is 35.7. The standard InChI is InChI=1S/C38H46N4O6S/c1-25-12-14-29(15-13-25)26(2)39-24-36(43)35(20-28-10-8-7-9-11-28)41-38(45)32-21-31(22-33(23-32)42(4)49(6,46)47)37(44)40-27(3)30-16-18-34(48-5)19-17-30/h7-19,21-23,26-27,35-36,39,43H,20,24H2,1-6H3,(H,40,44)(H,41,45)/t26-,27-,35+,36-/m1/s1. The zero-order valence-electron chi connectivity index (χ0n) is 28.8. The highest BCUT2D eigenvalue weighted by Crippen LogP contribution is 2.23. The van der Waals surface area contributed by atoms with Gasteiger partial charge < -0.3 is 25.8 Å². The van der Waals surface area contributed by atoms with Gasteiger partial charge in [-0.3, -0.25) is 13.9 Å². The summed E-state index contributed by atoms with van der Waals surface area (Å²) in [6.45, 7) is 6.05. The Bertz CT molecular complexity index is 1820. The van der Waals surface area contributed by atoms with Crippen molar-refractivity contribution >= 4 is 27.5 Å². The van der Waals surface area contributed by atoms with E-state index in [1.165, 1.54) is 25.2 Å². The molecule has 0 radical (unpaired) electrons. The fraction of sp³-hybridized carbons (Fsp3) is 0.316. The van der Waals surface area contributed by atoms with Crippen LogP contribution < -0.4 is 25.0 Å². The summed E-state index contributed by atoms with van der Waals surface area (Å²) < 4.78 is 31.2. The summed E-state index contributed by atoms with van der Waals surface area (Å²) in [5.41, 5.74) is 4.29. The molecule has 0 aliphatic carbocycles. The van der Waals surface area contributed by atoms with Crippen molar-refractivity contribution in [3.8, 4) is 5.75 Å². The zero-order valence-corrected chi connectivity index (χ0v) is 29.6. The molecule has 4 aromatic rings. The minimum atomic E-state index is -3.72. The van der Waals surface area contributed by atoms with Crippen LogP contribution >= 0.6 is 0 Å². The van der Waals surface area contributed by atoms with Crippen LogP contribution in [0, 0.1) is 6.92 Å². The van der Waals surface area contributed by atoms with Crippen molar-refractivity contribution in [1.29, 1.82) is 0 Å². The van der Waals surface area contributed by atoms with E-state index in [-0.39, 0.29) is 29.4 Å². The second-order valence-corrected chi connectivity index (χ2v) is 14.4. The molecule has 260 valence electrons.